The number of aromatic nitrogens is 1. The Morgan fingerprint density at radius 1 is 1.38 bits per heavy atom. The third-order valence-corrected chi connectivity index (χ3v) is 3.83. The Balaban J connectivity index is 0.00000288. The monoisotopic (exact) mass is 445 g/mol. The molecule has 1 aromatic heterocycles. The minimum Gasteiger partial charge on any atom is -0.357 e. The average Bonchev–Trinajstić information content (AvgIpc) is 3.40. The lowest BCUT2D eigenvalue weighted by Gasteiger charge is -2.16. The molecule has 0 radical (unpaired) electrons. The minimum absolute atomic E-state index is 0. The van der Waals surface area contributed by atoms with Crippen LogP contribution in [0.5, 0.6) is 0 Å². The number of amides is 1. The number of guanidine groups is 1. The first-order valence-electron chi connectivity index (χ1n) is 8.35. The summed E-state index contributed by atoms with van der Waals surface area (Å²) in [5.41, 5.74) is 0.995. The Kier molecular flexibility index (Phi) is 9.66. The van der Waals surface area contributed by atoms with Gasteiger partial charge in [-0.05, 0) is 37.8 Å². The molecular formula is C17H28IN5O. The van der Waals surface area contributed by atoms with Gasteiger partial charge in [-0.15, -0.1) is 24.0 Å². The van der Waals surface area contributed by atoms with Gasteiger partial charge in [0.2, 0.25) is 5.91 Å². The molecule has 134 valence electrons. The summed E-state index contributed by atoms with van der Waals surface area (Å²) in [4.78, 5) is 22.5. The van der Waals surface area contributed by atoms with Gasteiger partial charge in [0.05, 0.1) is 0 Å². The molecule has 0 aliphatic heterocycles. The number of likely N-dealkylation sites (N-methyl/N-ethyl adjacent to an activating group) is 1. The summed E-state index contributed by atoms with van der Waals surface area (Å²) in [5, 5.41) is 6.47. The van der Waals surface area contributed by atoms with E-state index >= 15 is 0 Å². The molecule has 1 fully saturated rings. The van der Waals surface area contributed by atoms with Crippen molar-refractivity contribution in [2.45, 2.75) is 26.2 Å². The van der Waals surface area contributed by atoms with E-state index in [-0.39, 0.29) is 36.4 Å². The van der Waals surface area contributed by atoms with Gasteiger partial charge in [-0.3, -0.25) is 9.78 Å². The minimum atomic E-state index is 0. The van der Waals surface area contributed by atoms with Crippen LogP contribution in [0.4, 0.5) is 0 Å². The molecule has 24 heavy (non-hydrogen) atoms. The second kappa shape index (κ2) is 11.2. The Labute approximate surface area is 161 Å². The van der Waals surface area contributed by atoms with Crippen molar-refractivity contribution >= 4 is 35.8 Å². The summed E-state index contributed by atoms with van der Waals surface area (Å²) in [5.74, 6) is 1.52. The fraction of sp³-hybridized carbons (Fsp3) is 0.588. The van der Waals surface area contributed by atoms with Crippen molar-refractivity contribution in [3.63, 3.8) is 0 Å². The van der Waals surface area contributed by atoms with E-state index in [1.54, 1.807) is 11.1 Å². The number of aliphatic imine (C=N–C) groups is 1. The summed E-state index contributed by atoms with van der Waals surface area (Å²) < 4.78 is 0. The van der Waals surface area contributed by atoms with Crippen LogP contribution in [0.25, 0.3) is 0 Å². The van der Waals surface area contributed by atoms with E-state index in [0.717, 1.165) is 37.1 Å². The van der Waals surface area contributed by atoms with Crippen LogP contribution in [0.1, 0.15) is 25.5 Å². The summed E-state index contributed by atoms with van der Waals surface area (Å²) in [6.07, 6.45) is 5.12. The Bertz CT molecular complexity index is 519. The lowest BCUT2D eigenvalue weighted by molar-refractivity contribution is -0.128. The van der Waals surface area contributed by atoms with Crippen molar-refractivity contribution in [1.82, 2.24) is 20.5 Å². The van der Waals surface area contributed by atoms with Crippen molar-refractivity contribution in [3.05, 3.63) is 30.1 Å². The molecule has 1 heterocycles. The third kappa shape index (κ3) is 7.94. The SMILES string of the molecule is CCNC(=NCC(=O)N(C)CCc1ccccn1)NCC1CC1.I. The molecule has 1 amide bonds. The largest absolute Gasteiger partial charge is 0.357 e. The standard InChI is InChI=1S/C17H27N5O.HI/c1-3-18-17(20-12-14-7-8-14)21-13-16(23)22(2)11-9-15-6-4-5-10-19-15;/h4-6,10,14H,3,7-9,11-13H2,1-2H3,(H2,18,20,21);1H. The Morgan fingerprint density at radius 2 is 2.17 bits per heavy atom. The Hall–Kier alpha value is -1.38. The van der Waals surface area contributed by atoms with Crippen LogP contribution in [-0.4, -0.2) is 55.0 Å². The van der Waals surface area contributed by atoms with Crippen LogP contribution in [0, 0.1) is 5.92 Å². The van der Waals surface area contributed by atoms with Crippen molar-refractivity contribution in [2.24, 2.45) is 10.9 Å². The first-order valence-corrected chi connectivity index (χ1v) is 8.35. The molecule has 1 aliphatic rings. The lowest BCUT2D eigenvalue weighted by Crippen LogP contribution is -2.39. The number of nitrogens with one attached hydrogen (secondary N) is 2. The molecule has 0 atom stereocenters. The molecule has 2 N–H and O–H groups in total. The molecule has 0 aromatic carbocycles. The summed E-state index contributed by atoms with van der Waals surface area (Å²) >= 11 is 0. The lowest BCUT2D eigenvalue weighted by atomic mass is 10.2. The first-order chi connectivity index (χ1) is 11.2. The van der Waals surface area contributed by atoms with E-state index in [2.05, 4.69) is 20.6 Å². The number of hydrogen-bond donors (Lipinski definition) is 2. The number of carbonyl (C=O) groups is 1. The normalized spacial score (nSPS) is 13.8. The van der Waals surface area contributed by atoms with Gasteiger partial charge in [0.25, 0.3) is 0 Å². The molecule has 1 aliphatic carbocycles. The topological polar surface area (TPSA) is 69.6 Å². The van der Waals surface area contributed by atoms with Gasteiger partial charge in [0.15, 0.2) is 5.96 Å². The highest BCUT2D eigenvalue weighted by Gasteiger charge is 2.21. The van der Waals surface area contributed by atoms with Gasteiger partial charge in [-0.1, -0.05) is 6.07 Å². The highest BCUT2D eigenvalue weighted by molar-refractivity contribution is 14.0. The number of nitrogens with zero attached hydrogens (tertiary/aromatic N) is 3. The molecule has 7 heteroatoms. The van der Waals surface area contributed by atoms with Gasteiger partial charge in [-0.25, -0.2) is 4.99 Å². The van der Waals surface area contributed by atoms with E-state index < -0.39 is 0 Å². The molecule has 0 unspecified atom stereocenters. The summed E-state index contributed by atoms with van der Waals surface area (Å²) in [6, 6.07) is 5.83. The molecular weight excluding hydrogens is 417 g/mol. The van der Waals surface area contributed by atoms with E-state index in [0.29, 0.717) is 6.54 Å². The maximum Gasteiger partial charge on any atom is 0.244 e. The highest BCUT2D eigenvalue weighted by Crippen LogP contribution is 2.27. The number of rotatable bonds is 8. The van der Waals surface area contributed by atoms with Crippen LogP contribution in [0.3, 0.4) is 0 Å². The quantitative estimate of drug-likeness (QED) is 0.363. The highest BCUT2D eigenvalue weighted by atomic mass is 127. The van der Waals surface area contributed by atoms with E-state index in [1.165, 1.54) is 12.8 Å². The molecule has 0 bridgehead atoms. The van der Waals surface area contributed by atoms with Gasteiger partial charge in [0.1, 0.15) is 6.54 Å². The molecule has 0 spiro atoms. The van der Waals surface area contributed by atoms with Crippen molar-refractivity contribution in [3.8, 4) is 0 Å². The van der Waals surface area contributed by atoms with Gasteiger partial charge < -0.3 is 15.5 Å². The number of carbonyl (C=O) groups excluding carboxylic acids is 1. The second-order valence-electron chi connectivity index (χ2n) is 5.91. The zero-order chi connectivity index (χ0) is 16.5. The molecule has 1 saturated carbocycles. The summed E-state index contributed by atoms with van der Waals surface area (Å²) in [6.45, 7) is 4.57. The summed E-state index contributed by atoms with van der Waals surface area (Å²) in [7, 11) is 1.81. The van der Waals surface area contributed by atoms with Crippen molar-refractivity contribution < 1.29 is 4.79 Å². The third-order valence-electron chi connectivity index (χ3n) is 3.83. The van der Waals surface area contributed by atoms with E-state index in [9.17, 15) is 4.79 Å². The van der Waals surface area contributed by atoms with Crippen LogP contribution in [0.15, 0.2) is 29.4 Å². The second-order valence-corrected chi connectivity index (χ2v) is 5.91. The van der Waals surface area contributed by atoms with Gasteiger partial charge in [-0.2, -0.15) is 0 Å². The Morgan fingerprint density at radius 3 is 2.79 bits per heavy atom. The predicted octanol–water partition coefficient (Wildman–Crippen LogP) is 1.67. The zero-order valence-corrected chi connectivity index (χ0v) is 16.8. The maximum atomic E-state index is 12.2. The fourth-order valence-electron chi connectivity index (χ4n) is 2.13. The fourth-order valence-corrected chi connectivity index (χ4v) is 2.13. The van der Waals surface area contributed by atoms with Crippen LogP contribution in [0.2, 0.25) is 0 Å². The van der Waals surface area contributed by atoms with Crippen LogP contribution in [-0.2, 0) is 11.2 Å². The molecule has 0 saturated heterocycles. The van der Waals surface area contributed by atoms with E-state index in [4.69, 9.17) is 0 Å². The van der Waals surface area contributed by atoms with Crippen molar-refractivity contribution in [2.75, 3.05) is 33.2 Å². The zero-order valence-electron chi connectivity index (χ0n) is 14.5. The average molecular weight is 445 g/mol. The van der Waals surface area contributed by atoms with Gasteiger partial charge in [0, 0.05) is 45.0 Å². The number of hydrogen-bond acceptors (Lipinski definition) is 3. The van der Waals surface area contributed by atoms with E-state index in [1.807, 2.05) is 32.2 Å². The first kappa shape index (κ1) is 20.7. The predicted molar refractivity (Wildman–Crippen MR) is 108 cm³/mol. The maximum absolute atomic E-state index is 12.2. The number of halogens is 1. The van der Waals surface area contributed by atoms with Crippen molar-refractivity contribution in [1.29, 1.82) is 0 Å². The van der Waals surface area contributed by atoms with Crippen LogP contribution < -0.4 is 10.6 Å². The van der Waals surface area contributed by atoms with Gasteiger partial charge >= 0.3 is 0 Å². The smallest absolute Gasteiger partial charge is 0.244 e. The molecule has 6 nitrogen and oxygen atoms in total. The molecule has 1 aromatic rings. The number of pyridine rings is 1. The molecule has 2 rings (SSSR count). The van der Waals surface area contributed by atoms with Crippen LogP contribution >= 0.6 is 24.0 Å².